The summed E-state index contributed by atoms with van der Waals surface area (Å²) in [5.74, 6) is -0.519. The van der Waals surface area contributed by atoms with Crippen LogP contribution in [0.3, 0.4) is 0 Å². The molecule has 4 heteroatoms. The maximum absolute atomic E-state index is 13.9. The molecule has 0 saturated carbocycles. The van der Waals surface area contributed by atoms with Crippen molar-refractivity contribution in [2.75, 3.05) is 0 Å². The summed E-state index contributed by atoms with van der Waals surface area (Å²) in [5.41, 5.74) is 4.46. The van der Waals surface area contributed by atoms with Gasteiger partial charge in [0.2, 0.25) is 0 Å². The molecule has 0 fully saturated rings. The molecule has 0 aliphatic carbocycles. The van der Waals surface area contributed by atoms with Crippen LogP contribution in [0, 0.1) is 31.0 Å². The normalized spacial score (nSPS) is 10.5. The number of nitrogens with zero attached hydrogens (tertiary/aromatic N) is 3. The Morgan fingerprint density at radius 2 is 1.77 bits per heavy atom. The summed E-state index contributed by atoms with van der Waals surface area (Å²) in [6, 6.07) is 16.3. The van der Waals surface area contributed by atoms with E-state index in [2.05, 4.69) is 5.10 Å². The van der Waals surface area contributed by atoms with E-state index in [1.165, 1.54) is 17.7 Å². The zero-order valence-electron chi connectivity index (χ0n) is 12.3. The molecule has 2 aromatic carbocycles. The van der Waals surface area contributed by atoms with Crippen LogP contribution in [-0.4, -0.2) is 9.78 Å². The molecule has 0 radical (unpaired) electrons. The summed E-state index contributed by atoms with van der Waals surface area (Å²) < 4.78 is 15.7. The van der Waals surface area contributed by atoms with Crippen LogP contribution in [0.1, 0.15) is 16.8 Å². The fraction of sp³-hybridized carbons (Fsp3) is 0.111. The third kappa shape index (κ3) is 2.49. The van der Waals surface area contributed by atoms with E-state index >= 15 is 0 Å². The van der Waals surface area contributed by atoms with Gasteiger partial charge in [-0.05, 0) is 44.2 Å². The van der Waals surface area contributed by atoms with Crippen molar-refractivity contribution in [1.29, 1.82) is 5.26 Å². The average molecular weight is 291 g/mol. The lowest BCUT2D eigenvalue weighted by molar-refractivity contribution is 0.624. The second kappa shape index (κ2) is 5.45. The van der Waals surface area contributed by atoms with Crippen LogP contribution >= 0.6 is 0 Å². The third-order valence-corrected chi connectivity index (χ3v) is 3.50. The fourth-order valence-electron chi connectivity index (χ4n) is 2.35. The minimum atomic E-state index is -0.519. The van der Waals surface area contributed by atoms with Crippen molar-refractivity contribution in [3.63, 3.8) is 0 Å². The summed E-state index contributed by atoms with van der Waals surface area (Å²) in [4.78, 5) is 0. The molecule has 0 amide bonds. The van der Waals surface area contributed by atoms with Crippen molar-refractivity contribution < 1.29 is 4.39 Å². The Bertz CT molecular complexity index is 870. The molecule has 0 aliphatic heterocycles. The lowest BCUT2D eigenvalue weighted by Crippen LogP contribution is -1.99. The van der Waals surface area contributed by atoms with Gasteiger partial charge in [0.15, 0.2) is 0 Å². The molecule has 3 rings (SSSR count). The molecule has 3 aromatic rings. The molecule has 3 nitrogen and oxygen atoms in total. The van der Waals surface area contributed by atoms with Gasteiger partial charge in [-0.1, -0.05) is 23.8 Å². The molecule has 22 heavy (non-hydrogen) atoms. The highest BCUT2D eigenvalue weighted by Gasteiger charge is 2.12. The quantitative estimate of drug-likeness (QED) is 0.711. The van der Waals surface area contributed by atoms with Crippen molar-refractivity contribution in [2.24, 2.45) is 0 Å². The van der Waals surface area contributed by atoms with Gasteiger partial charge in [0.05, 0.1) is 22.6 Å². The first-order valence-corrected chi connectivity index (χ1v) is 6.92. The number of halogens is 1. The van der Waals surface area contributed by atoms with Gasteiger partial charge in [-0.15, -0.1) is 0 Å². The lowest BCUT2D eigenvalue weighted by atomic mass is 10.1. The number of benzene rings is 2. The first-order chi connectivity index (χ1) is 10.6. The van der Waals surface area contributed by atoms with Gasteiger partial charge in [0.25, 0.3) is 0 Å². The first-order valence-electron chi connectivity index (χ1n) is 6.92. The topological polar surface area (TPSA) is 41.6 Å². The van der Waals surface area contributed by atoms with Gasteiger partial charge in [0.1, 0.15) is 11.9 Å². The second-order valence-electron chi connectivity index (χ2n) is 5.22. The highest BCUT2D eigenvalue weighted by Crippen LogP contribution is 2.25. The van der Waals surface area contributed by atoms with Crippen LogP contribution in [-0.2, 0) is 0 Å². The number of aromatic nitrogens is 2. The van der Waals surface area contributed by atoms with E-state index in [1.54, 1.807) is 10.7 Å². The largest absolute Gasteiger partial charge is 0.233 e. The number of hydrogen-bond acceptors (Lipinski definition) is 2. The molecular weight excluding hydrogens is 277 g/mol. The average Bonchev–Trinajstić information content (AvgIpc) is 2.90. The van der Waals surface area contributed by atoms with Gasteiger partial charge in [-0.25, -0.2) is 9.07 Å². The predicted molar refractivity (Wildman–Crippen MR) is 83.1 cm³/mol. The lowest BCUT2D eigenvalue weighted by Gasteiger charge is -2.08. The molecule has 0 bridgehead atoms. The fourth-order valence-corrected chi connectivity index (χ4v) is 2.35. The second-order valence-corrected chi connectivity index (χ2v) is 5.22. The molecule has 108 valence electrons. The zero-order chi connectivity index (χ0) is 15.7. The van der Waals surface area contributed by atoms with E-state index in [0.717, 1.165) is 17.1 Å². The highest BCUT2D eigenvalue weighted by atomic mass is 19.1. The van der Waals surface area contributed by atoms with Gasteiger partial charge >= 0.3 is 0 Å². The molecule has 0 unspecified atom stereocenters. The first kappa shape index (κ1) is 14.0. The molecule has 0 spiro atoms. The molecule has 1 aromatic heterocycles. The van der Waals surface area contributed by atoms with Crippen molar-refractivity contribution in [3.05, 3.63) is 71.2 Å². The number of nitriles is 1. The maximum Gasteiger partial charge on any atom is 0.141 e. The van der Waals surface area contributed by atoms with Crippen LogP contribution < -0.4 is 0 Å². The smallest absolute Gasteiger partial charge is 0.141 e. The van der Waals surface area contributed by atoms with E-state index in [-0.39, 0.29) is 5.56 Å². The summed E-state index contributed by atoms with van der Waals surface area (Å²) in [5, 5.41) is 13.3. The Morgan fingerprint density at radius 3 is 2.41 bits per heavy atom. The van der Waals surface area contributed by atoms with Crippen LogP contribution in [0.2, 0.25) is 0 Å². The van der Waals surface area contributed by atoms with Gasteiger partial charge in [-0.2, -0.15) is 10.4 Å². The summed E-state index contributed by atoms with van der Waals surface area (Å²) >= 11 is 0. The summed E-state index contributed by atoms with van der Waals surface area (Å²) in [7, 11) is 0. The van der Waals surface area contributed by atoms with Crippen LogP contribution in [0.15, 0.2) is 48.5 Å². The zero-order valence-corrected chi connectivity index (χ0v) is 12.3. The standard InChI is InChI=1S/C18H14FN3/c1-12-3-7-16(8-4-12)22-18(9-13(2)21-22)14-5-6-15(11-20)17(19)10-14/h3-10H,1-2H3. The van der Waals surface area contributed by atoms with E-state index in [4.69, 9.17) is 5.26 Å². The highest BCUT2D eigenvalue weighted by molar-refractivity contribution is 5.64. The van der Waals surface area contributed by atoms with Crippen LogP contribution in [0.5, 0.6) is 0 Å². The Hall–Kier alpha value is -2.93. The van der Waals surface area contributed by atoms with E-state index in [1.807, 2.05) is 50.2 Å². The number of rotatable bonds is 2. The molecule has 0 aliphatic rings. The Kier molecular flexibility index (Phi) is 3.48. The molecule has 0 atom stereocenters. The van der Waals surface area contributed by atoms with Gasteiger partial charge in [-0.3, -0.25) is 0 Å². The van der Waals surface area contributed by atoms with Gasteiger partial charge in [0, 0.05) is 5.56 Å². The Morgan fingerprint density at radius 1 is 1.05 bits per heavy atom. The molecular formula is C18H14FN3. The molecule has 1 heterocycles. The van der Waals surface area contributed by atoms with Crippen molar-refractivity contribution in [2.45, 2.75) is 13.8 Å². The maximum atomic E-state index is 13.9. The van der Waals surface area contributed by atoms with Gasteiger partial charge < -0.3 is 0 Å². The summed E-state index contributed by atoms with van der Waals surface area (Å²) in [6.45, 7) is 3.92. The number of hydrogen-bond donors (Lipinski definition) is 0. The van der Waals surface area contributed by atoms with Crippen molar-refractivity contribution in [3.8, 4) is 23.0 Å². The van der Waals surface area contributed by atoms with Crippen molar-refractivity contribution >= 4 is 0 Å². The SMILES string of the molecule is Cc1ccc(-n2nc(C)cc2-c2ccc(C#N)c(F)c2)cc1. The monoisotopic (exact) mass is 291 g/mol. The predicted octanol–water partition coefficient (Wildman–Crippen LogP) is 4.17. The minimum absolute atomic E-state index is 0.0434. The van der Waals surface area contributed by atoms with E-state index in [0.29, 0.717) is 5.56 Å². The minimum Gasteiger partial charge on any atom is -0.233 e. The Balaban J connectivity index is 2.14. The third-order valence-electron chi connectivity index (χ3n) is 3.50. The van der Waals surface area contributed by atoms with Crippen LogP contribution in [0.25, 0.3) is 16.9 Å². The molecule has 0 N–H and O–H groups in total. The Labute approximate surface area is 128 Å². The summed E-state index contributed by atoms with van der Waals surface area (Å²) in [6.07, 6.45) is 0. The van der Waals surface area contributed by atoms with Crippen LogP contribution in [0.4, 0.5) is 4.39 Å². The molecule has 0 saturated heterocycles. The van der Waals surface area contributed by atoms with E-state index < -0.39 is 5.82 Å². The van der Waals surface area contributed by atoms with E-state index in [9.17, 15) is 4.39 Å². The van der Waals surface area contributed by atoms with Crippen molar-refractivity contribution in [1.82, 2.24) is 9.78 Å². The number of aryl methyl sites for hydroxylation is 2.